The molecule has 3 rings (SSSR count). The largest absolute Gasteiger partial charge is 0.494 e. The summed E-state index contributed by atoms with van der Waals surface area (Å²) in [5, 5.41) is 3.20. The molecule has 0 spiro atoms. The van der Waals surface area contributed by atoms with E-state index in [1.807, 2.05) is 11.0 Å². The Kier molecular flexibility index (Phi) is 3.85. The second kappa shape index (κ2) is 5.64. The van der Waals surface area contributed by atoms with Crippen LogP contribution in [0.4, 0.5) is 4.39 Å². The van der Waals surface area contributed by atoms with Gasteiger partial charge in [-0.3, -0.25) is 10.1 Å². The van der Waals surface area contributed by atoms with Crippen molar-refractivity contribution in [3.8, 4) is 5.75 Å². The van der Waals surface area contributed by atoms with Crippen LogP contribution in [0.1, 0.15) is 37.9 Å². The highest BCUT2D eigenvalue weighted by Crippen LogP contribution is 2.36. The molecule has 0 radical (unpaired) electrons. The Balaban J connectivity index is 1.89. The number of carbonyl (C=O) groups excluding carboxylic acids is 1. The summed E-state index contributed by atoms with van der Waals surface area (Å²) >= 11 is 0. The Morgan fingerprint density at radius 3 is 2.81 bits per heavy atom. The first-order valence-corrected chi connectivity index (χ1v) is 7.50. The second-order valence-electron chi connectivity index (χ2n) is 5.95. The molecule has 2 fully saturated rings. The van der Waals surface area contributed by atoms with E-state index in [-0.39, 0.29) is 23.9 Å². The van der Waals surface area contributed by atoms with Crippen LogP contribution in [0, 0.1) is 11.7 Å². The van der Waals surface area contributed by atoms with Crippen LogP contribution < -0.4 is 10.1 Å². The molecular weight excluding hydrogens is 271 g/mol. The zero-order valence-corrected chi connectivity index (χ0v) is 12.4. The van der Waals surface area contributed by atoms with Gasteiger partial charge in [0.1, 0.15) is 6.17 Å². The van der Waals surface area contributed by atoms with E-state index in [9.17, 15) is 9.18 Å². The van der Waals surface area contributed by atoms with Gasteiger partial charge in [0.05, 0.1) is 13.7 Å². The van der Waals surface area contributed by atoms with Gasteiger partial charge in [-0.05, 0) is 36.5 Å². The third-order valence-electron chi connectivity index (χ3n) is 4.68. The summed E-state index contributed by atoms with van der Waals surface area (Å²) in [7, 11) is 1.45. The van der Waals surface area contributed by atoms with Gasteiger partial charge in [-0.15, -0.1) is 0 Å². The number of amides is 1. The molecule has 1 aliphatic heterocycles. The van der Waals surface area contributed by atoms with Crippen molar-refractivity contribution in [3.63, 3.8) is 0 Å². The van der Waals surface area contributed by atoms with E-state index in [0.29, 0.717) is 12.5 Å². The Labute approximate surface area is 124 Å². The molecule has 1 aromatic rings. The molecule has 0 bridgehead atoms. The fourth-order valence-corrected chi connectivity index (χ4v) is 3.56. The smallest absolute Gasteiger partial charge is 0.238 e. The van der Waals surface area contributed by atoms with E-state index in [1.54, 1.807) is 6.07 Å². The lowest BCUT2D eigenvalue weighted by Crippen LogP contribution is -2.41. The van der Waals surface area contributed by atoms with E-state index in [0.717, 1.165) is 24.8 Å². The Morgan fingerprint density at radius 2 is 2.19 bits per heavy atom. The first kappa shape index (κ1) is 14.3. The molecule has 5 heteroatoms. The predicted octanol–water partition coefficient (Wildman–Crippen LogP) is 2.45. The average molecular weight is 292 g/mol. The lowest BCUT2D eigenvalue weighted by atomic mass is 10.0. The van der Waals surface area contributed by atoms with Crippen LogP contribution in [0.15, 0.2) is 18.2 Å². The van der Waals surface area contributed by atoms with Crippen LogP contribution in [0.2, 0.25) is 0 Å². The van der Waals surface area contributed by atoms with Crippen LogP contribution in [0.5, 0.6) is 5.75 Å². The third-order valence-corrected chi connectivity index (χ3v) is 4.68. The fraction of sp³-hybridized carbons (Fsp3) is 0.562. The van der Waals surface area contributed by atoms with Crippen molar-refractivity contribution in [2.75, 3.05) is 13.7 Å². The zero-order chi connectivity index (χ0) is 15.0. The van der Waals surface area contributed by atoms with Crippen LogP contribution >= 0.6 is 0 Å². The normalized spacial score (nSPS) is 29.2. The van der Waals surface area contributed by atoms with Gasteiger partial charge >= 0.3 is 0 Å². The maximum atomic E-state index is 13.9. The van der Waals surface area contributed by atoms with E-state index in [4.69, 9.17) is 4.74 Å². The monoisotopic (exact) mass is 292 g/mol. The standard InChI is InChI=1S/C16H21FN2O2/c1-10-4-3-5-13(10)19-15(20)9-18-16(19)11-6-7-14(21-2)12(17)8-11/h6-8,10,13,16,18H,3-5,9H2,1-2H3. The maximum Gasteiger partial charge on any atom is 0.238 e. The summed E-state index contributed by atoms with van der Waals surface area (Å²) in [5.41, 5.74) is 0.776. The molecule has 2 aliphatic rings. The number of halogens is 1. The van der Waals surface area contributed by atoms with Crippen molar-refractivity contribution in [1.29, 1.82) is 0 Å². The molecule has 21 heavy (non-hydrogen) atoms. The number of nitrogens with zero attached hydrogens (tertiary/aromatic N) is 1. The molecule has 114 valence electrons. The quantitative estimate of drug-likeness (QED) is 0.930. The lowest BCUT2D eigenvalue weighted by Gasteiger charge is -2.33. The number of rotatable bonds is 3. The van der Waals surface area contributed by atoms with Crippen molar-refractivity contribution in [3.05, 3.63) is 29.6 Å². The van der Waals surface area contributed by atoms with Gasteiger partial charge in [-0.25, -0.2) is 4.39 Å². The average Bonchev–Trinajstić information content (AvgIpc) is 3.04. The van der Waals surface area contributed by atoms with Crippen molar-refractivity contribution >= 4 is 5.91 Å². The number of nitrogens with one attached hydrogen (secondary N) is 1. The molecule has 1 aliphatic carbocycles. The maximum absolute atomic E-state index is 13.9. The third kappa shape index (κ3) is 2.50. The number of methoxy groups -OCH3 is 1. The van der Waals surface area contributed by atoms with Crippen molar-refractivity contribution < 1.29 is 13.9 Å². The molecule has 3 unspecified atom stereocenters. The summed E-state index contributed by atoms with van der Waals surface area (Å²) in [6.45, 7) is 2.51. The number of hydrogen-bond donors (Lipinski definition) is 1. The van der Waals surface area contributed by atoms with Gasteiger partial charge in [0.25, 0.3) is 0 Å². The molecule has 1 N–H and O–H groups in total. The van der Waals surface area contributed by atoms with Gasteiger partial charge in [0.15, 0.2) is 11.6 Å². The van der Waals surface area contributed by atoms with E-state index in [2.05, 4.69) is 12.2 Å². The predicted molar refractivity (Wildman–Crippen MR) is 77.3 cm³/mol. The summed E-state index contributed by atoms with van der Waals surface area (Å²) in [6.07, 6.45) is 3.10. The van der Waals surface area contributed by atoms with E-state index in [1.165, 1.54) is 13.2 Å². The van der Waals surface area contributed by atoms with Crippen LogP contribution in [0.25, 0.3) is 0 Å². The second-order valence-corrected chi connectivity index (χ2v) is 5.95. The van der Waals surface area contributed by atoms with E-state index < -0.39 is 5.82 Å². The molecule has 3 atom stereocenters. The van der Waals surface area contributed by atoms with Crippen LogP contribution in [-0.2, 0) is 4.79 Å². The first-order chi connectivity index (χ1) is 10.1. The molecule has 1 heterocycles. The molecule has 1 saturated carbocycles. The van der Waals surface area contributed by atoms with Gasteiger partial charge < -0.3 is 9.64 Å². The Bertz CT molecular complexity index is 549. The van der Waals surface area contributed by atoms with Gasteiger partial charge in [0, 0.05) is 6.04 Å². The SMILES string of the molecule is COc1ccc(C2NCC(=O)N2C2CCCC2C)cc1F. The summed E-state index contributed by atoms with van der Waals surface area (Å²) in [5.74, 6) is 0.439. The number of hydrogen-bond acceptors (Lipinski definition) is 3. The molecule has 1 aromatic carbocycles. The zero-order valence-electron chi connectivity index (χ0n) is 12.4. The van der Waals surface area contributed by atoms with Crippen molar-refractivity contribution in [1.82, 2.24) is 10.2 Å². The summed E-state index contributed by atoms with van der Waals surface area (Å²) in [6, 6.07) is 5.15. The van der Waals surface area contributed by atoms with Gasteiger partial charge in [-0.2, -0.15) is 0 Å². The highest BCUT2D eigenvalue weighted by molar-refractivity contribution is 5.81. The minimum Gasteiger partial charge on any atom is -0.494 e. The summed E-state index contributed by atoms with van der Waals surface area (Å²) < 4.78 is 18.9. The highest BCUT2D eigenvalue weighted by atomic mass is 19.1. The molecule has 4 nitrogen and oxygen atoms in total. The minimum atomic E-state index is -0.393. The van der Waals surface area contributed by atoms with Crippen molar-refractivity contribution in [2.24, 2.45) is 5.92 Å². The van der Waals surface area contributed by atoms with Crippen LogP contribution in [0.3, 0.4) is 0 Å². The number of carbonyl (C=O) groups is 1. The van der Waals surface area contributed by atoms with E-state index >= 15 is 0 Å². The summed E-state index contributed by atoms with van der Waals surface area (Å²) in [4.78, 5) is 14.2. The number of benzene rings is 1. The first-order valence-electron chi connectivity index (χ1n) is 7.50. The van der Waals surface area contributed by atoms with Crippen LogP contribution in [-0.4, -0.2) is 30.5 Å². The fourth-order valence-electron chi connectivity index (χ4n) is 3.56. The Morgan fingerprint density at radius 1 is 1.38 bits per heavy atom. The molecule has 1 saturated heterocycles. The van der Waals surface area contributed by atoms with Crippen molar-refractivity contribution in [2.45, 2.75) is 38.4 Å². The topological polar surface area (TPSA) is 41.6 Å². The molecular formula is C16H21FN2O2. The highest BCUT2D eigenvalue weighted by Gasteiger charge is 2.40. The Hall–Kier alpha value is -1.62. The molecule has 0 aromatic heterocycles. The lowest BCUT2D eigenvalue weighted by molar-refractivity contribution is -0.131. The van der Waals surface area contributed by atoms with Gasteiger partial charge in [0.2, 0.25) is 5.91 Å². The number of ether oxygens (including phenoxy) is 1. The van der Waals surface area contributed by atoms with Gasteiger partial charge in [-0.1, -0.05) is 19.4 Å². The molecule has 1 amide bonds. The minimum absolute atomic E-state index is 0.106.